The van der Waals surface area contributed by atoms with Gasteiger partial charge in [-0.05, 0) is 0 Å². The molecule has 4 aromatic rings. The Kier molecular flexibility index (Phi) is 10.8. The van der Waals surface area contributed by atoms with E-state index in [0.29, 0.717) is 9.54 Å². The van der Waals surface area contributed by atoms with Gasteiger partial charge in [-0.1, -0.05) is 0 Å². The molecule has 0 saturated heterocycles. The summed E-state index contributed by atoms with van der Waals surface area (Å²) < 4.78 is 3.91. The number of fused-ring (bicyclic) bond motifs is 3. The molecule has 0 amide bonds. The molecule has 4 aromatic carbocycles. The van der Waals surface area contributed by atoms with Crippen molar-refractivity contribution in [2.24, 2.45) is 5.92 Å². The van der Waals surface area contributed by atoms with E-state index in [0.717, 1.165) is 0 Å². The number of hydrogen-bond donors (Lipinski definition) is 0. The Morgan fingerprint density at radius 2 is 1.08 bits per heavy atom. The second-order valence-corrected chi connectivity index (χ2v) is 22.7. The molecule has 2 aliphatic rings. The normalized spacial score (nSPS) is 16.1. The van der Waals surface area contributed by atoms with Crippen LogP contribution >= 0.6 is 0 Å². The predicted octanol–water partition coefficient (Wildman–Crippen LogP) is 13.4. The van der Waals surface area contributed by atoms with Crippen LogP contribution in [0.1, 0.15) is 138 Å². The Balaban J connectivity index is 1.78. The molecule has 0 aromatic heterocycles. The molecule has 0 radical (unpaired) electrons. The van der Waals surface area contributed by atoms with Gasteiger partial charge in [0.05, 0.1) is 0 Å². The maximum atomic E-state index is 2.80. The first kappa shape index (κ1) is 35.9. The standard InChI is InChI=1S/C21H25.C14H23.C13H10.Zr/c1-20(2,3)16-7-9-18-14(12-16)11-15-13-17(21(4,5)6)8-10-19(15)18;1-4-7-12-10-11-13(8-5-2)14(12)9-6-3;1-3-7-12(8-4-1)11-13-9-5-2-6-10-13;/h7-13H,1-6H3;10,13H,4-9H2,1-3H3;1-10H;. The SMILES string of the molecule is CCCC1=C(CCC)C(CCC)[C]([Zr](=[C](c2ccccc2)c2ccccc2)[CH]2c3cc(C(C)(C)C)ccc3-c3ccc(C(C)(C)C)cc32)=C1. The van der Waals surface area contributed by atoms with Crippen molar-refractivity contribution < 1.29 is 21.3 Å². The van der Waals surface area contributed by atoms with Crippen molar-refractivity contribution in [2.45, 2.75) is 115 Å². The first-order valence-electron chi connectivity index (χ1n) is 19.1. The predicted molar refractivity (Wildman–Crippen MR) is 211 cm³/mol. The molecule has 0 N–H and O–H groups in total. The first-order valence-corrected chi connectivity index (χ1v) is 22.9. The molecule has 0 fully saturated rings. The quantitative estimate of drug-likeness (QED) is 0.153. The third-order valence-electron chi connectivity index (χ3n) is 10.9. The molecule has 1 unspecified atom stereocenters. The summed E-state index contributed by atoms with van der Waals surface area (Å²) in [6.07, 6.45) is 10.1. The van der Waals surface area contributed by atoms with E-state index in [9.17, 15) is 0 Å². The zero-order valence-corrected chi connectivity index (χ0v) is 34.2. The van der Waals surface area contributed by atoms with Crippen molar-refractivity contribution in [3.05, 3.63) is 151 Å². The average molecular weight is 726 g/mol. The van der Waals surface area contributed by atoms with Crippen molar-refractivity contribution in [1.82, 2.24) is 0 Å². The summed E-state index contributed by atoms with van der Waals surface area (Å²) in [5.41, 5.74) is 15.5. The van der Waals surface area contributed by atoms with Crippen LogP contribution in [-0.2, 0) is 32.1 Å². The topological polar surface area (TPSA) is 0 Å². The van der Waals surface area contributed by atoms with Gasteiger partial charge in [-0.15, -0.1) is 0 Å². The molecule has 0 saturated carbocycles. The van der Waals surface area contributed by atoms with Gasteiger partial charge in [-0.2, -0.15) is 0 Å². The summed E-state index contributed by atoms with van der Waals surface area (Å²) in [5.74, 6) is 0.562. The number of rotatable bonds is 10. The van der Waals surface area contributed by atoms with Crippen molar-refractivity contribution in [2.75, 3.05) is 0 Å². The second-order valence-electron chi connectivity index (χ2n) is 16.5. The molecule has 49 heavy (non-hydrogen) atoms. The van der Waals surface area contributed by atoms with Gasteiger partial charge < -0.3 is 0 Å². The summed E-state index contributed by atoms with van der Waals surface area (Å²) in [6.45, 7) is 21.4. The fourth-order valence-corrected chi connectivity index (χ4v) is 18.2. The Hall–Kier alpha value is -2.89. The van der Waals surface area contributed by atoms with E-state index in [1.165, 1.54) is 71.9 Å². The number of allylic oxidation sites excluding steroid dienone is 4. The summed E-state index contributed by atoms with van der Waals surface area (Å²) in [6, 6.07) is 38.2. The maximum absolute atomic E-state index is 2.93. The third kappa shape index (κ3) is 7.17. The van der Waals surface area contributed by atoms with Crippen molar-refractivity contribution in [3.8, 4) is 11.1 Å². The molecule has 1 heteroatoms. The van der Waals surface area contributed by atoms with E-state index in [1.54, 1.807) is 25.5 Å². The first-order chi connectivity index (χ1) is 23.5. The van der Waals surface area contributed by atoms with Gasteiger partial charge in [-0.3, -0.25) is 0 Å². The Bertz CT molecular complexity index is 1780. The molecule has 2 aliphatic carbocycles. The van der Waals surface area contributed by atoms with Gasteiger partial charge in [0.15, 0.2) is 0 Å². The van der Waals surface area contributed by atoms with E-state index in [4.69, 9.17) is 0 Å². The van der Waals surface area contributed by atoms with Gasteiger partial charge in [0.25, 0.3) is 0 Å². The van der Waals surface area contributed by atoms with E-state index < -0.39 is 21.3 Å². The van der Waals surface area contributed by atoms with Crippen molar-refractivity contribution in [3.63, 3.8) is 0 Å². The Labute approximate surface area is 305 Å². The second kappa shape index (κ2) is 14.8. The van der Waals surface area contributed by atoms with E-state index >= 15 is 0 Å². The van der Waals surface area contributed by atoms with E-state index in [1.807, 2.05) is 3.28 Å². The molecular weight excluding hydrogens is 668 g/mol. The van der Waals surface area contributed by atoms with Crippen LogP contribution in [0.4, 0.5) is 0 Å². The van der Waals surface area contributed by atoms with Crippen LogP contribution in [0.2, 0.25) is 0 Å². The van der Waals surface area contributed by atoms with Gasteiger partial charge in [0, 0.05) is 0 Å². The molecule has 6 rings (SSSR count). The molecule has 0 aliphatic heterocycles. The van der Waals surface area contributed by atoms with Crippen LogP contribution < -0.4 is 0 Å². The molecule has 0 nitrogen and oxygen atoms in total. The number of benzene rings is 4. The molecule has 0 heterocycles. The fourth-order valence-electron chi connectivity index (χ4n) is 8.43. The van der Waals surface area contributed by atoms with Crippen molar-refractivity contribution in [1.29, 1.82) is 0 Å². The zero-order valence-electron chi connectivity index (χ0n) is 31.7. The molecule has 1 atom stereocenters. The molecule has 0 spiro atoms. The monoisotopic (exact) mass is 724 g/mol. The summed E-state index contributed by atoms with van der Waals surface area (Å²) in [5, 5.41) is 0. The van der Waals surface area contributed by atoms with Crippen LogP contribution in [0.25, 0.3) is 11.1 Å². The van der Waals surface area contributed by atoms with Gasteiger partial charge in [0.2, 0.25) is 0 Å². The van der Waals surface area contributed by atoms with Crippen LogP contribution in [-0.4, -0.2) is 3.21 Å². The van der Waals surface area contributed by atoms with Gasteiger partial charge in [-0.25, -0.2) is 0 Å². The molecule has 0 bridgehead atoms. The van der Waals surface area contributed by atoms with Crippen LogP contribution in [0.3, 0.4) is 0 Å². The van der Waals surface area contributed by atoms with E-state index in [2.05, 4.69) is 165 Å². The van der Waals surface area contributed by atoms with Crippen LogP contribution in [0.15, 0.2) is 118 Å². The Morgan fingerprint density at radius 1 is 0.592 bits per heavy atom. The average Bonchev–Trinajstić information content (AvgIpc) is 3.58. The Morgan fingerprint density at radius 3 is 1.51 bits per heavy atom. The third-order valence-corrected chi connectivity index (χ3v) is 19.3. The van der Waals surface area contributed by atoms with Crippen LogP contribution in [0, 0.1) is 5.92 Å². The fraction of sp³-hybridized carbons (Fsp3) is 0.396. The minimum atomic E-state index is -2.93. The van der Waals surface area contributed by atoms with Crippen molar-refractivity contribution >= 4 is 3.21 Å². The zero-order chi connectivity index (χ0) is 34.9. The van der Waals surface area contributed by atoms with Gasteiger partial charge >= 0.3 is 308 Å². The van der Waals surface area contributed by atoms with Crippen LogP contribution in [0.5, 0.6) is 0 Å². The minimum absolute atomic E-state index is 0.0847. The summed E-state index contributed by atoms with van der Waals surface area (Å²) >= 11 is -2.93. The number of hydrogen-bond acceptors (Lipinski definition) is 0. The van der Waals surface area contributed by atoms with Gasteiger partial charge in [0.1, 0.15) is 0 Å². The summed E-state index contributed by atoms with van der Waals surface area (Å²) in [4.78, 5) is 0. The molecule has 254 valence electrons. The summed E-state index contributed by atoms with van der Waals surface area (Å²) in [7, 11) is 0. The van der Waals surface area contributed by atoms with E-state index in [-0.39, 0.29) is 10.8 Å². The molecular formula is C48H58Zr.